The van der Waals surface area contributed by atoms with E-state index in [-0.39, 0.29) is 17.9 Å². The van der Waals surface area contributed by atoms with E-state index in [1.807, 2.05) is 24.3 Å². The quantitative estimate of drug-likeness (QED) is 0.854. The van der Waals surface area contributed by atoms with Crippen molar-refractivity contribution < 1.29 is 14.6 Å². The molecule has 1 aliphatic rings. The summed E-state index contributed by atoms with van der Waals surface area (Å²) in [4.78, 5) is 13.9. The van der Waals surface area contributed by atoms with Gasteiger partial charge in [0.2, 0.25) is 5.91 Å². The van der Waals surface area contributed by atoms with Gasteiger partial charge >= 0.3 is 0 Å². The van der Waals surface area contributed by atoms with E-state index in [0.29, 0.717) is 13.1 Å². The Morgan fingerprint density at radius 1 is 1.50 bits per heavy atom. The summed E-state index contributed by atoms with van der Waals surface area (Å²) in [6.45, 7) is 3.13. The average molecular weight is 275 g/mol. The molecule has 1 aromatic carbocycles. The van der Waals surface area contributed by atoms with Crippen molar-refractivity contribution in [2.45, 2.75) is 19.4 Å². The van der Waals surface area contributed by atoms with E-state index in [1.54, 1.807) is 31.1 Å². The number of hydrogen-bond acceptors (Lipinski definition) is 3. The fourth-order valence-corrected chi connectivity index (χ4v) is 2.45. The number of rotatable bonds is 4. The molecule has 2 rings (SSSR count). The highest BCUT2D eigenvalue weighted by atomic mass is 16.5. The van der Waals surface area contributed by atoms with Crippen LogP contribution in [0.3, 0.4) is 0 Å². The maximum absolute atomic E-state index is 12.1. The minimum absolute atomic E-state index is 0.0148. The number of benzene rings is 1. The zero-order valence-corrected chi connectivity index (χ0v) is 12.0. The van der Waals surface area contributed by atoms with Gasteiger partial charge in [0, 0.05) is 30.6 Å². The van der Waals surface area contributed by atoms with Crippen molar-refractivity contribution in [3.8, 4) is 5.75 Å². The number of para-hydroxylation sites is 1. The van der Waals surface area contributed by atoms with E-state index < -0.39 is 0 Å². The Balaban J connectivity index is 1.99. The van der Waals surface area contributed by atoms with E-state index in [0.717, 1.165) is 17.7 Å². The van der Waals surface area contributed by atoms with Gasteiger partial charge < -0.3 is 14.7 Å². The molecule has 0 saturated carbocycles. The highest BCUT2D eigenvalue weighted by Crippen LogP contribution is 2.21. The van der Waals surface area contributed by atoms with Crippen molar-refractivity contribution in [3.63, 3.8) is 0 Å². The number of methoxy groups -OCH3 is 1. The molecule has 2 unspecified atom stereocenters. The molecule has 0 radical (unpaired) electrons. The van der Waals surface area contributed by atoms with E-state index >= 15 is 0 Å². The molecule has 1 N–H and O–H groups in total. The van der Waals surface area contributed by atoms with Gasteiger partial charge in [-0.1, -0.05) is 18.2 Å². The molecule has 2 atom stereocenters. The Morgan fingerprint density at radius 2 is 2.25 bits per heavy atom. The summed E-state index contributed by atoms with van der Waals surface area (Å²) in [5, 5.41) is 9.56. The molecule has 108 valence electrons. The SMILES string of the molecule is COc1ccccc1/C=C/C(=O)N1CCC(C(C)O)C1. The molecule has 4 nitrogen and oxygen atoms in total. The lowest BCUT2D eigenvalue weighted by molar-refractivity contribution is -0.125. The summed E-state index contributed by atoms with van der Waals surface area (Å²) >= 11 is 0. The molecule has 1 aliphatic heterocycles. The normalized spacial score (nSPS) is 20.4. The van der Waals surface area contributed by atoms with Gasteiger partial charge in [-0.05, 0) is 25.5 Å². The Morgan fingerprint density at radius 3 is 2.90 bits per heavy atom. The van der Waals surface area contributed by atoms with Gasteiger partial charge in [-0.3, -0.25) is 4.79 Å². The first-order chi connectivity index (χ1) is 9.61. The molecule has 1 saturated heterocycles. The van der Waals surface area contributed by atoms with E-state index in [9.17, 15) is 9.90 Å². The van der Waals surface area contributed by atoms with Crippen molar-refractivity contribution in [1.29, 1.82) is 0 Å². The van der Waals surface area contributed by atoms with Crippen LogP contribution in [0.2, 0.25) is 0 Å². The van der Waals surface area contributed by atoms with Gasteiger partial charge in [-0.15, -0.1) is 0 Å². The fraction of sp³-hybridized carbons (Fsp3) is 0.438. The Kier molecular flexibility index (Phi) is 4.79. The summed E-state index contributed by atoms with van der Waals surface area (Å²) in [6, 6.07) is 7.58. The summed E-state index contributed by atoms with van der Waals surface area (Å²) in [6.07, 6.45) is 3.86. The zero-order chi connectivity index (χ0) is 14.5. The van der Waals surface area contributed by atoms with Gasteiger partial charge in [-0.2, -0.15) is 0 Å². The van der Waals surface area contributed by atoms with Gasteiger partial charge in [0.1, 0.15) is 5.75 Å². The van der Waals surface area contributed by atoms with Crippen LogP contribution in [0.15, 0.2) is 30.3 Å². The zero-order valence-electron chi connectivity index (χ0n) is 12.0. The van der Waals surface area contributed by atoms with Gasteiger partial charge in [0.05, 0.1) is 13.2 Å². The lowest BCUT2D eigenvalue weighted by Crippen LogP contribution is -2.28. The van der Waals surface area contributed by atoms with Crippen LogP contribution < -0.4 is 4.74 Å². The molecule has 1 heterocycles. The Labute approximate surface area is 119 Å². The van der Waals surface area contributed by atoms with E-state index in [2.05, 4.69) is 0 Å². The molecular weight excluding hydrogens is 254 g/mol. The van der Waals surface area contributed by atoms with Gasteiger partial charge in [-0.25, -0.2) is 0 Å². The Hall–Kier alpha value is -1.81. The second-order valence-corrected chi connectivity index (χ2v) is 5.15. The first kappa shape index (κ1) is 14.6. The molecule has 1 amide bonds. The molecule has 1 fully saturated rings. The number of ether oxygens (including phenoxy) is 1. The third-order valence-electron chi connectivity index (χ3n) is 3.76. The van der Waals surface area contributed by atoms with Crippen molar-refractivity contribution in [1.82, 2.24) is 4.90 Å². The van der Waals surface area contributed by atoms with Crippen LogP contribution in [-0.2, 0) is 4.79 Å². The van der Waals surface area contributed by atoms with Crippen LogP contribution in [-0.4, -0.2) is 42.2 Å². The second-order valence-electron chi connectivity index (χ2n) is 5.15. The monoisotopic (exact) mass is 275 g/mol. The number of hydrogen-bond donors (Lipinski definition) is 1. The third-order valence-corrected chi connectivity index (χ3v) is 3.76. The number of carbonyl (C=O) groups is 1. The molecule has 0 bridgehead atoms. The van der Waals surface area contributed by atoms with Crippen LogP contribution >= 0.6 is 0 Å². The molecule has 1 aromatic rings. The van der Waals surface area contributed by atoms with Crippen molar-refractivity contribution in [2.75, 3.05) is 20.2 Å². The summed E-state index contributed by atoms with van der Waals surface area (Å²) < 4.78 is 5.24. The van der Waals surface area contributed by atoms with Crippen molar-refractivity contribution in [3.05, 3.63) is 35.9 Å². The lowest BCUT2D eigenvalue weighted by atomic mass is 10.0. The first-order valence-corrected chi connectivity index (χ1v) is 6.90. The smallest absolute Gasteiger partial charge is 0.246 e. The first-order valence-electron chi connectivity index (χ1n) is 6.90. The molecule has 4 heteroatoms. The van der Waals surface area contributed by atoms with E-state index in [1.165, 1.54) is 0 Å². The molecular formula is C16H21NO3. The summed E-state index contributed by atoms with van der Waals surface area (Å²) in [7, 11) is 1.61. The molecule has 0 spiro atoms. The maximum Gasteiger partial charge on any atom is 0.246 e. The fourth-order valence-electron chi connectivity index (χ4n) is 2.45. The highest BCUT2D eigenvalue weighted by Gasteiger charge is 2.27. The average Bonchev–Trinajstić information content (AvgIpc) is 2.95. The predicted octanol–water partition coefficient (Wildman–Crippen LogP) is 1.94. The summed E-state index contributed by atoms with van der Waals surface area (Å²) in [5.74, 6) is 0.928. The van der Waals surface area contributed by atoms with Crippen molar-refractivity contribution >= 4 is 12.0 Å². The van der Waals surface area contributed by atoms with Crippen LogP contribution in [0.4, 0.5) is 0 Å². The molecule has 0 aliphatic carbocycles. The minimum Gasteiger partial charge on any atom is -0.496 e. The number of nitrogens with zero attached hydrogens (tertiary/aromatic N) is 1. The maximum atomic E-state index is 12.1. The highest BCUT2D eigenvalue weighted by molar-refractivity contribution is 5.92. The number of amides is 1. The minimum atomic E-state index is -0.356. The number of aliphatic hydroxyl groups excluding tert-OH is 1. The Bertz CT molecular complexity index is 496. The predicted molar refractivity (Wildman–Crippen MR) is 78.4 cm³/mol. The lowest BCUT2D eigenvalue weighted by Gasteiger charge is -2.15. The summed E-state index contributed by atoms with van der Waals surface area (Å²) in [5.41, 5.74) is 0.884. The number of carbonyl (C=O) groups excluding carboxylic acids is 1. The topological polar surface area (TPSA) is 49.8 Å². The van der Waals surface area contributed by atoms with Crippen LogP contribution in [0.1, 0.15) is 18.9 Å². The van der Waals surface area contributed by atoms with Crippen LogP contribution in [0.5, 0.6) is 5.75 Å². The molecule has 0 aromatic heterocycles. The third kappa shape index (κ3) is 3.39. The largest absolute Gasteiger partial charge is 0.496 e. The van der Waals surface area contributed by atoms with Crippen molar-refractivity contribution in [2.24, 2.45) is 5.92 Å². The number of likely N-dealkylation sites (tertiary alicyclic amines) is 1. The molecule has 20 heavy (non-hydrogen) atoms. The number of aliphatic hydroxyl groups is 1. The van der Waals surface area contributed by atoms with Gasteiger partial charge in [0.15, 0.2) is 0 Å². The van der Waals surface area contributed by atoms with E-state index in [4.69, 9.17) is 4.74 Å². The van der Waals surface area contributed by atoms with Gasteiger partial charge in [0.25, 0.3) is 0 Å². The standard InChI is InChI=1S/C16H21NO3/c1-12(18)14-9-10-17(11-14)16(19)8-7-13-5-3-4-6-15(13)20-2/h3-8,12,14,18H,9-11H2,1-2H3/b8-7+. The van der Waals surface area contributed by atoms with Crippen LogP contribution in [0.25, 0.3) is 6.08 Å². The second kappa shape index (κ2) is 6.57. The van der Waals surface area contributed by atoms with Crippen LogP contribution in [0, 0.1) is 5.92 Å².